The zero-order valence-electron chi connectivity index (χ0n) is 11.9. The van der Waals surface area contributed by atoms with E-state index in [-0.39, 0.29) is 18.0 Å². The molecule has 0 aromatic heterocycles. The summed E-state index contributed by atoms with van der Waals surface area (Å²) in [5.41, 5.74) is 1.20. The molecule has 1 saturated heterocycles. The maximum absolute atomic E-state index is 12.6. The lowest BCUT2D eigenvalue weighted by atomic mass is 10.1. The molecule has 19 heavy (non-hydrogen) atoms. The van der Waals surface area contributed by atoms with Crippen LogP contribution in [0.5, 0.6) is 0 Å². The van der Waals surface area contributed by atoms with Crippen LogP contribution < -0.4 is 5.32 Å². The number of rotatable bonds is 5. The molecule has 1 aliphatic heterocycles. The van der Waals surface area contributed by atoms with Gasteiger partial charge in [0.1, 0.15) is 0 Å². The minimum absolute atomic E-state index is 0.0257. The van der Waals surface area contributed by atoms with Crippen molar-refractivity contribution >= 4 is 5.91 Å². The van der Waals surface area contributed by atoms with Gasteiger partial charge in [-0.15, -0.1) is 0 Å². The SMILES string of the molecule is CCC(C)N(Cc1ccccc1)C(=O)[C@H]1CCCN1. The maximum Gasteiger partial charge on any atom is 0.240 e. The van der Waals surface area contributed by atoms with Crippen LogP contribution in [0.2, 0.25) is 0 Å². The Balaban J connectivity index is 2.09. The summed E-state index contributed by atoms with van der Waals surface area (Å²) in [7, 11) is 0. The largest absolute Gasteiger partial charge is 0.334 e. The number of carbonyl (C=O) groups is 1. The van der Waals surface area contributed by atoms with Crippen LogP contribution >= 0.6 is 0 Å². The third kappa shape index (κ3) is 3.57. The first-order valence-electron chi connectivity index (χ1n) is 7.30. The Labute approximate surface area is 116 Å². The zero-order valence-corrected chi connectivity index (χ0v) is 11.9. The minimum Gasteiger partial charge on any atom is -0.334 e. The van der Waals surface area contributed by atoms with Crippen molar-refractivity contribution in [2.45, 2.75) is 51.7 Å². The Morgan fingerprint density at radius 3 is 2.74 bits per heavy atom. The Morgan fingerprint density at radius 2 is 2.16 bits per heavy atom. The van der Waals surface area contributed by atoms with Gasteiger partial charge >= 0.3 is 0 Å². The number of carbonyl (C=O) groups excluding carboxylic acids is 1. The van der Waals surface area contributed by atoms with E-state index < -0.39 is 0 Å². The lowest BCUT2D eigenvalue weighted by Gasteiger charge is -2.31. The number of hydrogen-bond donors (Lipinski definition) is 1. The van der Waals surface area contributed by atoms with E-state index in [4.69, 9.17) is 0 Å². The van der Waals surface area contributed by atoms with E-state index in [1.807, 2.05) is 23.1 Å². The van der Waals surface area contributed by atoms with Crippen LogP contribution in [0.15, 0.2) is 30.3 Å². The van der Waals surface area contributed by atoms with Crippen LogP contribution in [-0.4, -0.2) is 29.4 Å². The number of nitrogens with zero attached hydrogens (tertiary/aromatic N) is 1. The molecule has 0 saturated carbocycles. The molecular formula is C16H24N2O. The molecule has 1 unspecified atom stereocenters. The van der Waals surface area contributed by atoms with E-state index in [9.17, 15) is 4.79 Å². The molecule has 104 valence electrons. The van der Waals surface area contributed by atoms with Gasteiger partial charge in [-0.3, -0.25) is 4.79 Å². The van der Waals surface area contributed by atoms with Crippen LogP contribution in [0.25, 0.3) is 0 Å². The molecule has 1 fully saturated rings. The second-order valence-corrected chi connectivity index (χ2v) is 5.36. The summed E-state index contributed by atoms with van der Waals surface area (Å²) in [5, 5.41) is 3.31. The monoisotopic (exact) mass is 260 g/mol. The van der Waals surface area contributed by atoms with Gasteiger partial charge in [0.25, 0.3) is 0 Å². The normalized spacial score (nSPS) is 20.2. The summed E-state index contributed by atoms with van der Waals surface area (Å²) in [6.07, 6.45) is 3.07. The van der Waals surface area contributed by atoms with Crippen molar-refractivity contribution < 1.29 is 4.79 Å². The van der Waals surface area contributed by atoms with E-state index in [2.05, 4.69) is 31.3 Å². The Morgan fingerprint density at radius 1 is 1.42 bits per heavy atom. The van der Waals surface area contributed by atoms with Crippen molar-refractivity contribution in [2.75, 3.05) is 6.54 Å². The third-order valence-corrected chi connectivity index (χ3v) is 3.96. The highest BCUT2D eigenvalue weighted by Crippen LogP contribution is 2.16. The first-order chi connectivity index (χ1) is 9.22. The second-order valence-electron chi connectivity index (χ2n) is 5.36. The Kier molecular flexibility index (Phi) is 4.97. The van der Waals surface area contributed by atoms with Crippen LogP contribution in [0, 0.1) is 0 Å². The van der Waals surface area contributed by atoms with Gasteiger partial charge in [0.15, 0.2) is 0 Å². The molecule has 1 N–H and O–H groups in total. The Hall–Kier alpha value is -1.35. The number of amides is 1. The smallest absolute Gasteiger partial charge is 0.240 e. The quantitative estimate of drug-likeness (QED) is 0.882. The molecule has 1 aromatic rings. The van der Waals surface area contributed by atoms with Crippen molar-refractivity contribution in [3.63, 3.8) is 0 Å². The van der Waals surface area contributed by atoms with Gasteiger partial charge in [0.05, 0.1) is 6.04 Å². The van der Waals surface area contributed by atoms with Gasteiger partial charge < -0.3 is 10.2 Å². The highest BCUT2D eigenvalue weighted by molar-refractivity contribution is 5.82. The average molecular weight is 260 g/mol. The number of hydrogen-bond acceptors (Lipinski definition) is 2. The first kappa shape index (κ1) is 14.1. The molecule has 3 nitrogen and oxygen atoms in total. The fourth-order valence-corrected chi connectivity index (χ4v) is 2.55. The summed E-state index contributed by atoms with van der Waals surface area (Å²) in [6, 6.07) is 10.6. The zero-order chi connectivity index (χ0) is 13.7. The number of nitrogens with one attached hydrogen (secondary N) is 1. The molecular weight excluding hydrogens is 236 g/mol. The average Bonchev–Trinajstić information content (AvgIpc) is 2.98. The molecule has 1 heterocycles. The highest BCUT2D eigenvalue weighted by Gasteiger charge is 2.28. The van der Waals surface area contributed by atoms with E-state index in [1.165, 1.54) is 5.56 Å². The molecule has 2 atom stereocenters. The maximum atomic E-state index is 12.6. The first-order valence-corrected chi connectivity index (χ1v) is 7.30. The molecule has 3 heteroatoms. The molecule has 0 radical (unpaired) electrons. The van der Waals surface area contributed by atoms with Crippen molar-refractivity contribution in [1.29, 1.82) is 0 Å². The predicted octanol–water partition coefficient (Wildman–Crippen LogP) is 2.57. The molecule has 1 amide bonds. The standard InChI is InChI=1S/C16H24N2O/c1-3-13(2)18(12-14-8-5-4-6-9-14)16(19)15-10-7-11-17-15/h4-6,8-9,13,15,17H,3,7,10-12H2,1-2H3/t13?,15-/m1/s1. The molecule has 0 aliphatic carbocycles. The molecule has 1 aliphatic rings. The van der Waals surface area contributed by atoms with Crippen molar-refractivity contribution in [2.24, 2.45) is 0 Å². The van der Waals surface area contributed by atoms with Crippen molar-refractivity contribution in [3.8, 4) is 0 Å². The molecule has 1 aromatic carbocycles. The second kappa shape index (κ2) is 6.71. The van der Waals surface area contributed by atoms with E-state index in [0.717, 1.165) is 25.8 Å². The molecule has 0 spiro atoms. The predicted molar refractivity (Wildman–Crippen MR) is 77.8 cm³/mol. The summed E-state index contributed by atoms with van der Waals surface area (Å²) in [4.78, 5) is 14.6. The topological polar surface area (TPSA) is 32.3 Å². The van der Waals surface area contributed by atoms with E-state index in [1.54, 1.807) is 0 Å². The van der Waals surface area contributed by atoms with Gasteiger partial charge in [0, 0.05) is 12.6 Å². The van der Waals surface area contributed by atoms with Gasteiger partial charge in [-0.05, 0) is 38.3 Å². The molecule has 2 rings (SSSR count). The van der Waals surface area contributed by atoms with E-state index >= 15 is 0 Å². The summed E-state index contributed by atoms with van der Waals surface area (Å²) >= 11 is 0. The minimum atomic E-state index is 0.0257. The van der Waals surface area contributed by atoms with Gasteiger partial charge in [-0.1, -0.05) is 37.3 Å². The Bertz CT molecular complexity index is 398. The van der Waals surface area contributed by atoms with Crippen LogP contribution in [0.3, 0.4) is 0 Å². The van der Waals surface area contributed by atoms with Crippen LogP contribution in [-0.2, 0) is 11.3 Å². The van der Waals surface area contributed by atoms with Crippen LogP contribution in [0.1, 0.15) is 38.7 Å². The fourth-order valence-electron chi connectivity index (χ4n) is 2.55. The van der Waals surface area contributed by atoms with Crippen LogP contribution in [0.4, 0.5) is 0 Å². The third-order valence-electron chi connectivity index (χ3n) is 3.96. The van der Waals surface area contributed by atoms with Crippen molar-refractivity contribution in [3.05, 3.63) is 35.9 Å². The molecule has 0 bridgehead atoms. The van der Waals surface area contributed by atoms with Gasteiger partial charge in [-0.2, -0.15) is 0 Å². The van der Waals surface area contributed by atoms with Gasteiger partial charge in [0.2, 0.25) is 5.91 Å². The summed E-state index contributed by atoms with van der Waals surface area (Å²) in [5.74, 6) is 0.260. The summed E-state index contributed by atoms with van der Waals surface area (Å²) in [6.45, 7) is 5.96. The van der Waals surface area contributed by atoms with Gasteiger partial charge in [-0.25, -0.2) is 0 Å². The highest BCUT2D eigenvalue weighted by atomic mass is 16.2. The summed E-state index contributed by atoms with van der Waals surface area (Å²) < 4.78 is 0. The van der Waals surface area contributed by atoms with Crippen molar-refractivity contribution in [1.82, 2.24) is 10.2 Å². The fraction of sp³-hybridized carbons (Fsp3) is 0.562. The lowest BCUT2D eigenvalue weighted by Crippen LogP contribution is -2.47. The number of benzene rings is 1. The lowest BCUT2D eigenvalue weighted by molar-refractivity contribution is -0.135. The van der Waals surface area contributed by atoms with E-state index in [0.29, 0.717) is 6.54 Å².